The molecule has 11 nitrogen and oxygen atoms in total. The molecule has 0 spiro atoms. The van der Waals surface area contributed by atoms with Crippen LogP contribution < -0.4 is 10.1 Å². The van der Waals surface area contributed by atoms with Crippen LogP contribution in [0.2, 0.25) is 0 Å². The van der Waals surface area contributed by atoms with Gasteiger partial charge < -0.3 is 19.4 Å². The van der Waals surface area contributed by atoms with Crippen LogP contribution in [0.25, 0.3) is 27.5 Å². The summed E-state index contributed by atoms with van der Waals surface area (Å²) in [5.41, 5.74) is 7.37. The van der Waals surface area contributed by atoms with Crippen LogP contribution in [-0.2, 0) is 24.4 Å². The van der Waals surface area contributed by atoms with Crippen LogP contribution in [0.1, 0.15) is 51.5 Å². The van der Waals surface area contributed by atoms with E-state index in [2.05, 4.69) is 36.0 Å². The fourth-order valence-electron chi connectivity index (χ4n) is 6.55. The maximum Gasteiger partial charge on any atom is 0.255 e. The number of aryl methyl sites for hydroxylation is 1. The average Bonchev–Trinajstić information content (AvgIpc) is 3.67. The van der Waals surface area contributed by atoms with Crippen LogP contribution in [0, 0.1) is 24.1 Å². The van der Waals surface area contributed by atoms with Gasteiger partial charge in [-0.25, -0.2) is 14.4 Å². The first-order valence-corrected chi connectivity index (χ1v) is 17.0. The Morgan fingerprint density at radius 1 is 1.14 bits per heavy atom. The first-order chi connectivity index (χ1) is 24.9. The van der Waals surface area contributed by atoms with Crippen LogP contribution in [0.15, 0.2) is 78.9 Å². The largest absolute Gasteiger partial charge is 0.473 e. The minimum Gasteiger partial charge on any atom is -0.473 e. The normalized spacial score (nSPS) is 16.1. The molecule has 2 N–H and O–H groups in total. The second-order valence-electron chi connectivity index (χ2n) is 12.9. The summed E-state index contributed by atoms with van der Waals surface area (Å²) in [6.45, 7) is 5.60. The van der Waals surface area contributed by atoms with Crippen LogP contribution in [0.4, 0.5) is 10.1 Å². The Labute approximate surface area is 293 Å². The number of aromatic amines is 1. The lowest BCUT2D eigenvalue weighted by atomic mass is 10.0. The van der Waals surface area contributed by atoms with E-state index in [9.17, 15) is 9.18 Å². The SMILES string of the molecule is Cc1n[nH]c2ccc(NC(=O)c3ccc4c(c3)nc(CN3CC=C(c5cccc(OCc6ccc(C#N)cc6F)n5)CC3)n4C[C@@H]3CCO3)cc12. The molecular weight excluding hydrogens is 647 g/mol. The molecule has 1 atom stereocenters. The van der Waals surface area contributed by atoms with Crippen molar-refractivity contribution in [2.75, 3.05) is 25.0 Å². The fraction of sp³-hybridized carbons (Fsp3) is 0.256. The molecule has 8 rings (SSSR count). The van der Waals surface area contributed by atoms with E-state index < -0.39 is 5.82 Å². The predicted octanol–water partition coefficient (Wildman–Crippen LogP) is 6.54. The van der Waals surface area contributed by atoms with E-state index in [0.717, 1.165) is 77.3 Å². The van der Waals surface area contributed by atoms with E-state index in [1.54, 1.807) is 18.2 Å². The number of benzene rings is 3. The third-order valence-electron chi connectivity index (χ3n) is 9.55. The van der Waals surface area contributed by atoms with Gasteiger partial charge in [-0.1, -0.05) is 18.2 Å². The topological polar surface area (TPSA) is 134 Å². The van der Waals surface area contributed by atoms with Gasteiger partial charge in [-0.3, -0.25) is 14.8 Å². The lowest BCUT2D eigenvalue weighted by Gasteiger charge is -2.29. The molecule has 1 amide bonds. The van der Waals surface area contributed by atoms with Crippen molar-refractivity contribution in [3.8, 4) is 11.9 Å². The number of H-pyrrole nitrogens is 1. The molecule has 3 aromatic heterocycles. The van der Waals surface area contributed by atoms with Crippen molar-refractivity contribution in [2.45, 2.75) is 45.6 Å². The number of fused-ring (bicyclic) bond motifs is 2. The maximum absolute atomic E-state index is 14.3. The molecular formula is C39H35FN8O3. The number of carbonyl (C=O) groups is 1. The standard InChI is InChI=1S/C39H35FN8O3/c1-24-31-19-29(8-9-34(31)46-45-24)42-39(49)27-7-10-36-35(18-27)43-37(48(36)21-30-13-16-50-30)22-47-14-11-26(12-15-47)33-3-2-4-38(44-33)51-23-28-6-5-25(20-41)17-32(28)40/h2-11,17-19,30H,12-16,21-23H2,1H3,(H,42,49)(H,45,46)/t30-/m0/s1. The minimum atomic E-state index is -0.477. The van der Waals surface area contributed by atoms with Crippen molar-refractivity contribution in [1.29, 1.82) is 5.26 Å². The summed E-state index contributed by atoms with van der Waals surface area (Å²) < 4.78 is 28.2. The molecule has 1 saturated heterocycles. The highest BCUT2D eigenvalue weighted by molar-refractivity contribution is 6.06. The molecule has 0 unspecified atom stereocenters. The number of imidazole rings is 1. The summed E-state index contributed by atoms with van der Waals surface area (Å²) >= 11 is 0. The number of amides is 1. The first-order valence-electron chi connectivity index (χ1n) is 17.0. The Morgan fingerprint density at radius 3 is 2.82 bits per heavy atom. The van der Waals surface area contributed by atoms with Crippen LogP contribution in [-0.4, -0.2) is 61.3 Å². The van der Waals surface area contributed by atoms with Crippen molar-refractivity contribution in [2.24, 2.45) is 0 Å². The Bertz CT molecular complexity index is 2350. The van der Waals surface area contributed by atoms with Gasteiger partial charge >= 0.3 is 0 Å². The molecule has 0 radical (unpaired) electrons. The number of aromatic nitrogens is 5. The summed E-state index contributed by atoms with van der Waals surface area (Å²) in [5.74, 6) is 0.664. The molecule has 6 aromatic rings. The van der Waals surface area contributed by atoms with Gasteiger partial charge in [0, 0.05) is 48.0 Å². The second-order valence-corrected chi connectivity index (χ2v) is 12.9. The molecule has 0 aliphatic carbocycles. The highest BCUT2D eigenvalue weighted by atomic mass is 19.1. The molecule has 12 heteroatoms. The number of nitriles is 1. The van der Waals surface area contributed by atoms with Crippen molar-refractivity contribution in [3.63, 3.8) is 0 Å². The molecule has 0 bridgehead atoms. The van der Waals surface area contributed by atoms with E-state index in [-0.39, 0.29) is 24.2 Å². The van der Waals surface area contributed by atoms with Gasteiger partial charge in [0.1, 0.15) is 18.2 Å². The predicted molar refractivity (Wildman–Crippen MR) is 190 cm³/mol. The third kappa shape index (κ3) is 6.81. The number of rotatable bonds is 10. The average molecular weight is 683 g/mol. The smallest absolute Gasteiger partial charge is 0.255 e. The first kappa shape index (κ1) is 32.3. The number of anilines is 1. The summed E-state index contributed by atoms with van der Waals surface area (Å²) in [6.07, 6.45) is 4.13. The zero-order valence-electron chi connectivity index (χ0n) is 28.0. The monoisotopic (exact) mass is 682 g/mol. The molecule has 2 aliphatic heterocycles. The van der Waals surface area contributed by atoms with E-state index in [1.165, 1.54) is 6.07 Å². The zero-order chi connectivity index (χ0) is 34.9. The molecule has 2 aliphatic rings. The number of hydrogen-bond donors (Lipinski definition) is 2. The number of carbonyl (C=O) groups excluding carboxylic acids is 1. The van der Waals surface area contributed by atoms with Gasteiger partial charge in [0.25, 0.3) is 5.91 Å². The Balaban J connectivity index is 0.960. The van der Waals surface area contributed by atoms with E-state index in [1.807, 2.05) is 61.5 Å². The van der Waals surface area contributed by atoms with Gasteiger partial charge in [-0.05, 0) is 79.9 Å². The molecule has 1 fully saturated rings. The summed E-state index contributed by atoms with van der Waals surface area (Å²) in [5, 5.41) is 20.2. The number of nitrogens with zero attached hydrogens (tertiary/aromatic N) is 6. The number of halogens is 1. The fourth-order valence-corrected chi connectivity index (χ4v) is 6.55. The zero-order valence-corrected chi connectivity index (χ0v) is 28.0. The lowest BCUT2D eigenvalue weighted by Crippen LogP contribution is -2.33. The number of nitrogens with one attached hydrogen (secondary N) is 2. The molecule has 5 heterocycles. The third-order valence-corrected chi connectivity index (χ3v) is 9.55. The van der Waals surface area contributed by atoms with Gasteiger partial charge in [0.2, 0.25) is 5.88 Å². The molecule has 51 heavy (non-hydrogen) atoms. The molecule has 256 valence electrons. The van der Waals surface area contributed by atoms with E-state index in [4.69, 9.17) is 19.7 Å². The lowest BCUT2D eigenvalue weighted by molar-refractivity contribution is -0.0591. The number of hydrogen-bond acceptors (Lipinski definition) is 8. The highest BCUT2D eigenvalue weighted by Gasteiger charge is 2.24. The number of pyridine rings is 1. The summed E-state index contributed by atoms with van der Waals surface area (Å²) in [6, 6.07) is 23.3. The highest BCUT2D eigenvalue weighted by Crippen LogP contribution is 2.27. The molecule has 0 saturated carbocycles. The van der Waals surface area contributed by atoms with Crippen molar-refractivity contribution in [3.05, 3.63) is 119 Å². The van der Waals surface area contributed by atoms with Gasteiger partial charge in [-0.15, -0.1) is 0 Å². The van der Waals surface area contributed by atoms with Gasteiger partial charge in [0.15, 0.2) is 0 Å². The second kappa shape index (κ2) is 13.8. The summed E-state index contributed by atoms with van der Waals surface area (Å²) in [7, 11) is 0. The molecule has 3 aromatic carbocycles. The van der Waals surface area contributed by atoms with Crippen LogP contribution in [0.3, 0.4) is 0 Å². The Kier molecular flexibility index (Phi) is 8.73. The van der Waals surface area contributed by atoms with Crippen LogP contribution in [0.5, 0.6) is 5.88 Å². The van der Waals surface area contributed by atoms with Crippen LogP contribution >= 0.6 is 0 Å². The quantitative estimate of drug-likeness (QED) is 0.167. The Morgan fingerprint density at radius 2 is 2.04 bits per heavy atom. The van der Waals surface area contributed by atoms with E-state index in [0.29, 0.717) is 35.8 Å². The Hall–Kier alpha value is -5.90. The minimum absolute atomic E-state index is 0.0158. The van der Waals surface area contributed by atoms with Gasteiger partial charge in [-0.2, -0.15) is 10.4 Å². The number of ether oxygens (including phenoxy) is 2. The summed E-state index contributed by atoms with van der Waals surface area (Å²) in [4.78, 5) is 25.4. The van der Waals surface area contributed by atoms with Crippen molar-refractivity contribution < 1.29 is 18.7 Å². The van der Waals surface area contributed by atoms with E-state index >= 15 is 0 Å². The van der Waals surface area contributed by atoms with Crippen molar-refractivity contribution >= 4 is 39.1 Å². The van der Waals surface area contributed by atoms with Gasteiger partial charge in [0.05, 0.1) is 58.8 Å². The van der Waals surface area contributed by atoms with Crippen molar-refractivity contribution in [1.82, 2.24) is 29.6 Å². The maximum atomic E-state index is 14.3.